The Kier molecular flexibility index (Phi) is 3.51. The van der Waals surface area contributed by atoms with E-state index in [1.807, 2.05) is 35.2 Å². The van der Waals surface area contributed by atoms with Gasteiger partial charge in [-0.25, -0.2) is 4.98 Å². The van der Waals surface area contributed by atoms with Gasteiger partial charge in [0.05, 0.1) is 30.5 Å². The molecule has 6 heteroatoms. The van der Waals surface area contributed by atoms with Crippen molar-refractivity contribution in [1.82, 2.24) is 19.9 Å². The fourth-order valence-corrected chi connectivity index (χ4v) is 2.86. The number of pyridine rings is 1. The molecular weight excluding hydrogens is 292 g/mol. The largest absolute Gasteiger partial charge is 0.370 e. The number of H-pyrrole nitrogens is 1. The van der Waals surface area contributed by atoms with Crippen molar-refractivity contribution in [1.29, 1.82) is 0 Å². The fraction of sp³-hybridized carbons (Fsp3) is 0.235. The highest BCUT2D eigenvalue weighted by atomic mass is 16.5. The number of carbonyl (C=O) groups is 1. The van der Waals surface area contributed by atoms with E-state index in [0.717, 1.165) is 16.6 Å². The van der Waals surface area contributed by atoms with Crippen molar-refractivity contribution in [2.24, 2.45) is 0 Å². The van der Waals surface area contributed by atoms with Crippen molar-refractivity contribution in [2.45, 2.75) is 6.10 Å². The maximum Gasteiger partial charge on any atom is 0.254 e. The maximum absolute atomic E-state index is 12.8. The number of amides is 1. The van der Waals surface area contributed by atoms with E-state index in [0.29, 0.717) is 25.3 Å². The topological polar surface area (TPSA) is 71.1 Å². The normalized spacial score (nSPS) is 18.3. The number of ether oxygens (including phenoxy) is 1. The van der Waals surface area contributed by atoms with Crippen LogP contribution in [-0.4, -0.2) is 45.5 Å². The smallest absolute Gasteiger partial charge is 0.254 e. The zero-order valence-electron chi connectivity index (χ0n) is 12.5. The molecule has 1 atom stereocenters. The average Bonchev–Trinajstić information content (AvgIpc) is 3.09. The van der Waals surface area contributed by atoms with Crippen LogP contribution in [0.2, 0.25) is 0 Å². The minimum atomic E-state index is -0.105. The molecule has 1 aliphatic rings. The van der Waals surface area contributed by atoms with E-state index in [-0.39, 0.29) is 12.0 Å². The first-order chi connectivity index (χ1) is 11.3. The van der Waals surface area contributed by atoms with Gasteiger partial charge >= 0.3 is 0 Å². The number of aromatic nitrogens is 3. The quantitative estimate of drug-likeness (QED) is 0.787. The van der Waals surface area contributed by atoms with Gasteiger partial charge in [-0.2, -0.15) is 0 Å². The molecule has 23 heavy (non-hydrogen) atoms. The third kappa shape index (κ3) is 2.68. The number of aromatic amines is 1. The minimum Gasteiger partial charge on any atom is -0.370 e. The van der Waals surface area contributed by atoms with Gasteiger partial charge in [-0.15, -0.1) is 0 Å². The number of fused-ring (bicyclic) bond motifs is 1. The van der Waals surface area contributed by atoms with Gasteiger partial charge in [0, 0.05) is 24.5 Å². The summed E-state index contributed by atoms with van der Waals surface area (Å²) in [5.41, 5.74) is 3.44. The number of hydrogen-bond acceptors (Lipinski definition) is 4. The number of rotatable bonds is 2. The summed E-state index contributed by atoms with van der Waals surface area (Å²) in [7, 11) is 0. The first-order valence-corrected chi connectivity index (χ1v) is 7.55. The molecular formula is C17H16N4O2. The van der Waals surface area contributed by atoms with E-state index in [1.165, 1.54) is 0 Å². The Morgan fingerprint density at radius 1 is 1.26 bits per heavy atom. The van der Waals surface area contributed by atoms with E-state index >= 15 is 0 Å². The predicted octanol–water partition coefficient (Wildman–Crippen LogP) is 2.17. The molecule has 3 heterocycles. The molecule has 4 rings (SSSR count). The Morgan fingerprint density at radius 2 is 2.13 bits per heavy atom. The molecule has 0 unspecified atom stereocenters. The molecule has 3 aromatic rings. The Hall–Kier alpha value is -2.73. The molecule has 1 N–H and O–H groups in total. The summed E-state index contributed by atoms with van der Waals surface area (Å²) < 4.78 is 5.80. The summed E-state index contributed by atoms with van der Waals surface area (Å²) in [4.78, 5) is 25.8. The second-order valence-corrected chi connectivity index (χ2v) is 5.53. The molecule has 0 aliphatic carbocycles. The first-order valence-electron chi connectivity index (χ1n) is 7.55. The number of nitrogens with zero attached hydrogens (tertiary/aromatic N) is 3. The van der Waals surface area contributed by atoms with Crippen LogP contribution in [0.25, 0.3) is 11.0 Å². The lowest BCUT2D eigenvalue weighted by molar-refractivity contribution is -0.0228. The molecule has 1 amide bonds. The van der Waals surface area contributed by atoms with Gasteiger partial charge in [-0.1, -0.05) is 0 Å². The standard InChI is InChI=1S/C17H16N4O2/c22-17(13-1-2-14-15(9-13)20-11-19-14)21-7-8-23-16(10-21)12-3-5-18-6-4-12/h1-6,9,11,16H,7-8,10H2,(H,19,20)/t16-/m0/s1. The predicted molar refractivity (Wildman–Crippen MR) is 84.9 cm³/mol. The third-order valence-electron chi connectivity index (χ3n) is 4.10. The highest BCUT2D eigenvalue weighted by Gasteiger charge is 2.26. The van der Waals surface area contributed by atoms with Crippen LogP contribution in [0, 0.1) is 0 Å². The number of nitrogens with one attached hydrogen (secondary N) is 1. The fourth-order valence-electron chi connectivity index (χ4n) is 2.86. The molecule has 0 saturated carbocycles. The summed E-state index contributed by atoms with van der Waals surface area (Å²) in [6, 6.07) is 9.38. The van der Waals surface area contributed by atoms with Crippen molar-refractivity contribution < 1.29 is 9.53 Å². The van der Waals surface area contributed by atoms with E-state index in [2.05, 4.69) is 15.0 Å². The van der Waals surface area contributed by atoms with Crippen molar-refractivity contribution in [3.63, 3.8) is 0 Å². The number of morpholine rings is 1. The molecule has 0 bridgehead atoms. The SMILES string of the molecule is O=C(c1ccc2nc[nH]c2c1)N1CCO[C@H](c2ccncc2)C1. The molecule has 1 saturated heterocycles. The van der Waals surface area contributed by atoms with Gasteiger partial charge in [0.2, 0.25) is 0 Å². The van der Waals surface area contributed by atoms with Crippen LogP contribution in [0.15, 0.2) is 49.1 Å². The van der Waals surface area contributed by atoms with Crippen LogP contribution in [0.1, 0.15) is 22.0 Å². The third-order valence-corrected chi connectivity index (χ3v) is 4.10. The Bertz CT molecular complexity index is 831. The Morgan fingerprint density at radius 3 is 3.00 bits per heavy atom. The summed E-state index contributed by atoms with van der Waals surface area (Å²) >= 11 is 0. The van der Waals surface area contributed by atoms with Crippen molar-refractivity contribution in [3.05, 3.63) is 60.2 Å². The van der Waals surface area contributed by atoms with Gasteiger partial charge in [0.1, 0.15) is 6.10 Å². The zero-order chi connectivity index (χ0) is 15.6. The van der Waals surface area contributed by atoms with E-state index in [4.69, 9.17) is 4.74 Å². The lowest BCUT2D eigenvalue weighted by Gasteiger charge is -2.33. The number of imidazole rings is 1. The van der Waals surface area contributed by atoms with Gasteiger partial charge in [0.25, 0.3) is 5.91 Å². The average molecular weight is 308 g/mol. The van der Waals surface area contributed by atoms with Gasteiger partial charge < -0.3 is 14.6 Å². The molecule has 1 aromatic carbocycles. The van der Waals surface area contributed by atoms with Gasteiger partial charge in [-0.05, 0) is 35.9 Å². The second-order valence-electron chi connectivity index (χ2n) is 5.53. The highest BCUT2D eigenvalue weighted by molar-refractivity contribution is 5.97. The number of benzene rings is 1. The zero-order valence-corrected chi connectivity index (χ0v) is 12.5. The van der Waals surface area contributed by atoms with Crippen molar-refractivity contribution in [2.75, 3.05) is 19.7 Å². The number of hydrogen-bond donors (Lipinski definition) is 1. The van der Waals surface area contributed by atoms with Gasteiger partial charge in [0.15, 0.2) is 0 Å². The molecule has 2 aromatic heterocycles. The van der Waals surface area contributed by atoms with Crippen LogP contribution >= 0.6 is 0 Å². The van der Waals surface area contributed by atoms with E-state index in [1.54, 1.807) is 18.7 Å². The summed E-state index contributed by atoms with van der Waals surface area (Å²) in [6.07, 6.45) is 5.01. The molecule has 1 fully saturated rings. The highest BCUT2D eigenvalue weighted by Crippen LogP contribution is 2.23. The van der Waals surface area contributed by atoms with Crippen LogP contribution in [0.4, 0.5) is 0 Å². The first kappa shape index (κ1) is 13.9. The molecule has 0 radical (unpaired) electrons. The van der Waals surface area contributed by atoms with Crippen molar-refractivity contribution in [3.8, 4) is 0 Å². The molecule has 6 nitrogen and oxygen atoms in total. The Labute approximate surface area is 133 Å². The van der Waals surface area contributed by atoms with Crippen LogP contribution in [0.3, 0.4) is 0 Å². The minimum absolute atomic E-state index is 0.0175. The monoisotopic (exact) mass is 308 g/mol. The lowest BCUT2D eigenvalue weighted by atomic mass is 10.1. The van der Waals surface area contributed by atoms with E-state index in [9.17, 15) is 4.79 Å². The van der Waals surface area contributed by atoms with Crippen LogP contribution in [0.5, 0.6) is 0 Å². The summed E-state index contributed by atoms with van der Waals surface area (Å²) in [6.45, 7) is 1.68. The Balaban J connectivity index is 1.55. The summed E-state index contributed by atoms with van der Waals surface area (Å²) in [5, 5.41) is 0. The van der Waals surface area contributed by atoms with Crippen molar-refractivity contribution >= 4 is 16.9 Å². The second kappa shape index (κ2) is 5.81. The van der Waals surface area contributed by atoms with E-state index < -0.39 is 0 Å². The molecule has 0 spiro atoms. The molecule has 1 aliphatic heterocycles. The van der Waals surface area contributed by atoms with Gasteiger partial charge in [-0.3, -0.25) is 9.78 Å². The number of carbonyl (C=O) groups excluding carboxylic acids is 1. The summed E-state index contributed by atoms with van der Waals surface area (Å²) in [5.74, 6) is 0.0175. The maximum atomic E-state index is 12.8. The lowest BCUT2D eigenvalue weighted by Crippen LogP contribution is -2.42. The van der Waals surface area contributed by atoms with Crippen LogP contribution in [-0.2, 0) is 4.74 Å². The van der Waals surface area contributed by atoms with Crippen LogP contribution < -0.4 is 0 Å². The molecule has 116 valence electrons.